The van der Waals surface area contributed by atoms with Gasteiger partial charge >= 0.3 is 15.2 Å². The molecular weight excluding hydrogens is 458 g/mol. The quantitative estimate of drug-likeness (QED) is 0.333. The van der Waals surface area contributed by atoms with E-state index in [1.807, 2.05) is 6.07 Å². The molecule has 0 amide bonds. The first kappa shape index (κ1) is 24.4. The molecule has 1 aromatic carbocycles. The van der Waals surface area contributed by atoms with Crippen LogP contribution in [0.1, 0.15) is 56.1 Å². The second-order valence-corrected chi connectivity index (χ2v) is 13.3. The van der Waals surface area contributed by atoms with Crippen LogP contribution in [0.25, 0.3) is 0 Å². The van der Waals surface area contributed by atoms with Gasteiger partial charge in [0, 0.05) is 7.11 Å². The van der Waals surface area contributed by atoms with Crippen LogP contribution >= 0.6 is 15.2 Å². The summed E-state index contributed by atoms with van der Waals surface area (Å²) in [6.45, 7) is 2.66. The molecule has 32 heavy (non-hydrogen) atoms. The largest absolute Gasteiger partial charge is 0.465 e. The van der Waals surface area contributed by atoms with E-state index in [0.29, 0.717) is 24.5 Å². The third-order valence-corrected chi connectivity index (χ3v) is 11.0. The van der Waals surface area contributed by atoms with Gasteiger partial charge in [-0.05, 0) is 85.0 Å². The zero-order valence-corrected chi connectivity index (χ0v) is 20.1. The fourth-order valence-electron chi connectivity index (χ4n) is 6.46. The summed E-state index contributed by atoms with van der Waals surface area (Å²) in [6, 6.07) is 5.14. The molecule has 1 unspecified atom stereocenters. The van der Waals surface area contributed by atoms with E-state index in [2.05, 4.69) is 6.92 Å². The van der Waals surface area contributed by atoms with Crippen molar-refractivity contribution in [2.24, 2.45) is 17.3 Å². The topological polar surface area (TPSA) is 143 Å². The minimum atomic E-state index is -5.16. The molecule has 0 saturated heterocycles. The van der Waals surface area contributed by atoms with E-state index in [1.54, 1.807) is 19.2 Å². The Bertz CT molecular complexity index is 919. The van der Waals surface area contributed by atoms with Crippen LogP contribution in [0.5, 0.6) is 5.75 Å². The molecule has 3 aliphatic rings. The molecule has 1 aromatic rings. The van der Waals surface area contributed by atoms with Crippen molar-refractivity contribution in [1.82, 2.24) is 0 Å². The number of methoxy groups -OCH3 is 1. The molecule has 4 N–H and O–H groups in total. The third-order valence-electron chi connectivity index (χ3n) is 7.82. The van der Waals surface area contributed by atoms with E-state index in [1.165, 1.54) is 5.56 Å². The van der Waals surface area contributed by atoms with E-state index in [4.69, 9.17) is 14.2 Å². The number of hydrogen-bond donors (Lipinski definition) is 4. The molecule has 0 radical (unpaired) electrons. The predicted molar refractivity (Wildman–Crippen MR) is 116 cm³/mol. The van der Waals surface area contributed by atoms with Crippen molar-refractivity contribution in [3.05, 3.63) is 29.3 Å². The summed E-state index contributed by atoms with van der Waals surface area (Å²) >= 11 is 0. The smallest absolute Gasteiger partial charge is 0.378 e. The summed E-state index contributed by atoms with van der Waals surface area (Å²) in [5.41, 5.74) is -0.129. The molecule has 4 rings (SSSR count). The van der Waals surface area contributed by atoms with Crippen molar-refractivity contribution in [1.29, 1.82) is 0 Å². The van der Waals surface area contributed by atoms with Crippen LogP contribution in [-0.2, 0) is 25.0 Å². The van der Waals surface area contributed by atoms with Gasteiger partial charge in [0.2, 0.25) is 0 Å². The Labute approximate surface area is 187 Å². The Morgan fingerprint density at radius 3 is 2.47 bits per heavy atom. The molecule has 9 nitrogen and oxygen atoms in total. The Hall–Kier alpha value is -0.760. The Balaban J connectivity index is 1.54. The summed E-state index contributed by atoms with van der Waals surface area (Å²) in [7, 11) is -8.67. The molecule has 5 atom stereocenters. The molecule has 0 aromatic heterocycles. The lowest BCUT2D eigenvalue weighted by molar-refractivity contribution is -0.125. The van der Waals surface area contributed by atoms with Crippen LogP contribution in [0, 0.1) is 17.3 Å². The molecule has 11 heteroatoms. The van der Waals surface area contributed by atoms with E-state index >= 15 is 0 Å². The number of fused-ring (bicyclic) bond motifs is 5. The Morgan fingerprint density at radius 2 is 1.81 bits per heavy atom. The van der Waals surface area contributed by atoms with E-state index in [9.17, 15) is 28.7 Å². The summed E-state index contributed by atoms with van der Waals surface area (Å²) in [6.07, 6.45) is 6.27. The SMILES string of the molecule is COCOC1CC[C@H]2[C@@H]3CCc4cc(OC(P(=O)(O)O)P(=O)(O)O)ccc4[C@H]3CC[C@]12C. The Morgan fingerprint density at radius 1 is 1.09 bits per heavy atom. The third kappa shape index (κ3) is 4.47. The second-order valence-electron chi connectivity index (χ2n) is 9.58. The monoisotopic (exact) mass is 490 g/mol. The van der Waals surface area contributed by atoms with Gasteiger partial charge in [0.15, 0.2) is 0 Å². The molecule has 180 valence electrons. The van der Waals surface area contributed by atoms with Gasteiger partial charge in [0.05, 0.1) is 6.10 Å². The molecule has 0 bridgehead atoms. The highest BCUT2D eigenvalue weighted by molar-refractivity contribution is 7.70. The van der Waals surface area contributed by atoms with Crippen LogP contribution in [0.15, 0.2) is 18.2 Å². The number of rotatable bonds is 7. The molecule has 2 saturated carbocycles. The fourth-order valence-corrected chi connectivity index (χ4v) is 8.55. The van der Waals surface area contributed by atoms with Crippen molar-refractivity contribution >= 4 is 15.2 Å². The van der Waals surface area contributed by atoms with Crippen LogP contribution in [-0.4, -0.2) is 45.2 Å². The van der Waals surface area contributed by atoms with Gasteiger partial charge in [-0.25, -0.2) is 0 Å². The first-order valence-electron chi connectivity index (χ1n) is 11.0. The minimum Gasteiger partial charge on any atom is -0.465 e. The number of benzene rings is 1. The number of hydrogen-bond acceptors (Lipinski definition) is 5. The fraction of sp³-hybridized carbons (Fsp3) is 0.714. The van der Waals surface area contributed by atoms with Crippen LogP contribution in [0.2, 0.25) is 0 Å². The summed E-state index contributed by atoms with van der Waals surface area (Å²) in [4.78, 5) is 37.3. The van der Waals surface area contributed by atoms with Crippen molar-refractivity contribution < 1.29 is 42.9 Å². The van der Waals surface area contributed by atoms with Gasteiger partial charge in [0.25, 0.3) is 5.59 Å². The maximum atomic E-state index is 11.5. The minimum absolute atomic E-state index is 0.0633. The predicted octanol–water partition coefficient (Wildman–Crippen LogP) is 3.55. The maximum Gasteiger partial charge on any atom is 0.378 e. The van der Waals surface area contributed by atoms with E-state index in [0.717, 1.165) is 44.1 Å². The zero-order valence-electron chi connectivity index (χ0n) is 18.3. The van der Waals surface area contributed by atoms with Gasteiger partial charge in [0.1, 0.15) is 12.5 Å². The average Bonchev–Trinajstić information content (AvgIpc) is 3.04. The molecular formula is C21H32O9P2. The number of ether oxygens (including phenoxy) is 3. The molecule has 3 aliphatic carbocycles. The number of aryl methyl sites for hydroxylation is 1. The lowest BCUT2D eigenvalue weighted by Gasteiger charge is -2.50. The van der Waals surface area contributed by atoms with Gasteiger partial charge in [-0.2, -0.15) is 0 Å². The highest BCUT2D eigenvalue weighted by Crippen LogP contribution is 2.62. The lowest BCUT2D eigenvalue weighted by Crippen LogP contribution is -2.44. The standard InChI is InChI=1S/C21H32O9P2/c1-21-10-9-16-15-6-4-14(30-20(31(22,23)24)32(25,26)27)11-13(15)3-5-17(16)18(21)7-8-19(21)29-12-28-2/h4,6,11,16-20H,3,5,7-10,12H2,1-2H3,(H2,22,23,24)(H2,25,26,27)/t16-,17-,18+,19?,21+/m1/s1. The van der Waals surface area contributed by atoms with Gasteiger partial charge < -0.3 is 33.8 Å². The normalized spacial score (nSPS) is 32.3. The van der Waals surface area contributed by atoms with E-state index in [-0.39, 0.29) is 17.3 Å². The average molecular weight is 490 g/mol. The summed E-state index contributed by atoms with van der Waals surface area (Å²) in [5, 5.41) is 0. The van der Waals surface area contributed by atoms with Crippen molar-refractivity contribution in [3.63, 3.8) is 0 Å². The second kappa shape index (κ2) is 8.79. The van der Waals surface area contributed by atoms with E-state index < -0.39 is 20.8 Å². The van der Waals surface area contributed by atoms with Crippen LogP contribution < -0.4 is 4.74 Å². The lowest BCUT2D eigenvalue weighted by atomic mass is 9.55. The maximum absolute atomic E-state index is 11.5. The highest BCUT2D eigenvalue weighted by Gasteiger charge is 2.55. The van der Waals surface area contributed by atoms with Crippen molar-refractivity contribution in [3.8, 4) is 5.75 Å². The van der Waals surface area contributed by atoms with Crippen LogP contribution in [0.3, 0.4) is 0 Å². The van der Waals surface area contributed by atoms with Gasteiger partial charge in [-0.15, -0.1) is 0 Å². The molecule has 2 fully saturated rings. The summed E-state index contributed by atoms with van der Waals surface area (Å²) < 4.78 is 39.4. The zero-order chi connectivity index (χ0) is 23.3. The molecule has 0 spiro atoms. The molecule has 0 aliphatic heterocycles. The molecule has 0 heterocycles. The Kier molecular flexibility index (Phi) is 6.69. The van der Waals surface area contributed by atoms with Crippen molar-refractivity contribution in [2.75, 3.05) is 13.9 Å². The van der Waals surface area contributed by atoms with Gasteiger partial charge in [-0.1, -0.05) is 13.0 Å². The van der Waals surface area contributed by atoms with Gasteiger partial charge in [-0.3, -0.25) is 9.13 Å². The van der Waals surface area contributed by atoms with Crippen molar-refractivity contribution in [2.45, 2.75) is 63.1 Å². The summed E-state index contributed by atoms with van der Waals surface area (Å²) in [5.74, 6) is 1.57. The first-order chi connectivity index (χ1) is 14.9. The highest BCUT2D eigenvalue weighted by atomic mass is 31.2. The first-order valence-corrected chi connectivity index (χ1v) is 14.3. The van der Waals surface area contributed by atoms with Crippen LogP contribution in [0.4, 0.5) is 0 Å².